The van der Waals surface area contributed by atoms with Gasteiger partial charge in [0.1, 0.15) is 0 Å². The van der Waals surface area contributed by atoms with Gasteiger partial charge in [0.15, 0.2) is 0 Å². The molecule has 0 atom stereocenters. The Bertz CT molecular complexity index is 864. The molecule has 0 saturated heterocycles. The third-order valence-electron chi connectivity index (χ3n) is 4.44. The van der Waals surface area contributed by atoms with Crippen molar-refractivity contribution in [2.45, 2.75) is 39.5 Å². The smallest absolute Gasteiger partial charge is 0.259 e. The maximum Gasteiger partial charge on any atom is 0.259 e. The van der Waals surface area contributed by atoms with E-state index in [4.69, 9.17) is 0 Å². The van der Waals surface area contributed by atoms with E-state index in [1.54, 1.807) is 6.20 Å². The molecule has 0 radical (unpaired) electrons. The summed E-state index contributed by atoms with van der Waals surface area (Å²) in [6.07, 6.45) is 3.40. The van der Waals surface area contributed by atoms with Gasteiger partial charge in [0.05, 0.1) is 23.1 Å². The minimum Gasteiger partial charge on any atom is -0.322 e. The molecule has 0 spiro atoms. The molecule has 3 aromatic rings. The van der Waals surface area contributed by atoms with E-state index in [-0.39, 0.29) is 5.91 Å². The third kappa shape index (κ3) is 3.85. The van der Waals surface area contributed by atoms with Crippen LogP contribution in [0.15, 0.2) is 60.8 Å². The lowest BCUT2D eigenvalue weighted by Crippen LogP contribution is -2.14. The quantitative estimate of drug-likeness (QED) is 0.666. The Hall–Kier alpha value is -2.88. The second-order valence-corrected chi connectivity index (χ2v) is 6.73. The number of hydrogen-bond donors (Lipinski definition) is 1. The summed E-state index contributed by atoms with van der Waals surface area (Å²) in [5.74, 6) is 0.355. The molecule has 3 rings (SSSR count). The lowest BCUT2D eigenvalue weighted by Gasteiger charge is -2.10. The van der Waals surface area contributed by atoms with Crippen molar-refractivity contribution in [2.24, 2.45) is 0 Å². The SMILES string of the molecule is CCCc1c(C(=O)Nc2ccc(C(C)C)cc2)cnn1-c1ccccc1. The Balaban J connectivity index is 1.86. The van der Waals surface area contributed by atoms with Gasteiger partial charge in [-0.25, -0.2) is 4.68 Å². The van der Waals surface area contributed by atoms with Gasteiger partial charge in [-0.2, -0.15) is 5.10 Å². The van der Waals surface area contributed by atoms with E-state index >= 15 is 0 Å². The molecule has 0 aliphatic carbocycles. The van der Waals surface area contributed by atoms with Crippen molar-refractivity contribution >= 4 is 11.6 Å². The van der Waals surface area contributed by atoms with Gasteiger partial charge in [-0.3, -0.25) is 4.79 Å². The van der Waals surface area contributed by atoms with Gasteiger partial charge < -0.3 is 5.32 Å². The number of carbonyl (C=O) groups is 1. The Morgan fingerprint density at radius 3 is 2.38 bits per heavy atom. The van der Waals surface area contributed by atoms with Crippen molar-refractivity contribution in [2.75, 3.05) is 5.32 Å². The van der Waals surface area contributed by atoms with Crippen molar-refractivity contribution < 1.29 is 4.79 Å². The molecule has 1 N–H and O–H groups in total. The number of carbonyl (C=O) groups excluding carboxylic acids is 1. The van der Waals surface area contributed by atoms with Crippen LogP contribution in [-0.2, 0) is 6.42 Å². The molecule has 1 heterocycles. The Kier molecular flexibility index (Phi) is 5.52. The largest absolute Gasteiger partial charge is 0.322 e. The average Bonchev–Trinajstić information content (AvgIpc) is 3.07. The summed E-state index contributed by atoms with van der Waals surface area (Å²) in [6, 6.07) is 17.9. The van der Waals surface area contributed by atoms with Gasteiger partial charge >= 0.3 is 0 Å². The normalized spacial score (nSPS) is 10.9. The highest BCUT2D eigenvalue weighted by Gasteiger charge is 2.18. The first-order valence-electron chi connectivity index (χ1n) is 9.13. The molecule has 1 amide bonds. The van der Waals surface area contributed by atoms with Crippen molar-refractivity contribution in [3.05, 3.63) is 77.6 Å². The average molecular weight is 347 g/mol. The number of nitrogens with one attached hydrogen (secondary N) is 1. The van der Waals surface area contributed by atoms with Crippen LogP contribution < -0.4 is 5.32 Å². The molecule has 0 saturated carbocycles. The van der Waals surface area contributed by atoms with Gasteiger partial charge in [0.25, 0.3) is 5.91 Å². The molecule has 0 bridgehead atoms. The van der Waals surface area contributed by atoms with E-state index in [2.05, 4.69) is 43.3 Å². The maximum absolute atomic E-state index is 12.8. The number of para-hydroxylation sites is 1. The lowest BCUT2D eigenvalue weighted by atomic mass is 10.0. The third-order valence-corrected chi connectivity index (χ3v) is 4.44. The number of nitrogens with zero attached hydrogens (tertiary/aromatic N) is 2. The fourth-order valence-electron chi connectivity index (χ4n) is 2.98. The summed E-state index contributed by atoms with van der Waals surface area (Å²) in [4.78, 5) is 12.8. The van der Waals surface area contributed by atoms with E-state index in [1.807, 2.05) is 47.1 Å². The zero-order valence-corrected chi connectivity index (χ0v) is 15.6. The molecular formula is C22H25N3O. The van der Waals surface area contributed by atoms with Crippen LogP contribution in [0.5, 0.6) is 0 Å². The number of rotatable bonds is 6. The van der Waals surface area contributed by atoms with Gasteiger partial charge in [0, 0.05) is 5.69 Å². The molecule has 0 aliphatic rings. The fraction of sp³-hybridized carbons (Fsp3) is 0.273. The second-order valence-electron chi connectivity index (χ2n) is 6.73. The van der Waals surface area contributed by atoms with E-state index in [0.717, 1.165) is 29.9 Å². The summed E-state index contributed by atoms with van der Waals surface area (Å²) in [5, 5.41) is 7.46. The van der Waals surface area contributed by atoms with Crippen LogP contribution in [0.2, 0.25) is 0 Å². The van der Waals surface area contributed by atoms with Crippen LogP contribution in [0.3, 0.4) is 0 Å². The molecule has 0 fully saturated rings. The second kappa shape index (κ2) is 8.00. The minimum absolute atomic E-state index is 0.118. The maximum atomic E-state index is 12.8. The predicted octanol–water partition coefficient (Wildman–Crippen LogP) is 5.20. The molecule has 2 aromatic carbocycles. The molecular weight excluding hydrogens is 322 g/mol. The van der Waals surface area contributed by atoms with Crippen LogP contribution in [0.4, 0.5) is 5.69 Å². The fourth-order valence-corrected chi connectivity index (χ4v) is 2.98. The highest BCUT2D eigenvalue weighted by molar-refractivity contribution is 6.05. The van der Waals surface area contributed by atoms with E-state index < -0.39 is 0 Å². The van der Waals surface area contributed by atoms with E-state index in [9.17, 15) is 4.79 Å². The van der Waals surface area contributed by atoms with Crippen molar-refractivity contribution in [3.63, 3.8) is 0 Å². The topological polar surface area (TPSA) is 46.9 Å². The highest BCUT2D eigenvalue weighted by Crippen LogP contribution is 2.20. The van der Waals surface area contributed by atoms with Crippen molar-refractivity contribution in [3.8, 4) is 5.69 Å². The number of amides is 1. The lowest BCUT2D eigenvalue weighted by molar-refractivity contribution is 0.102. The van der Waals surface area contributed by atoms with Crippen LogP contribution in [0, 0.1) is 0 Å². The summed E-state index contributed by atoms with van der Waals surface area (Å²) in [5.41, 5.74) is 4.59. The molecule has 0 aliphatic heterocycles. The zero-order valence-electron chi connectivity index (χ0n) is 15.6. The Labute approximate surface area is 154 Å². The van der Waals surface area contributed by atoms with Gasteiger partial charge in [0.2, 0.25) is 0 Å². The standard InChI is InChI=1S/C22H25N3O/c1-4-8-21-20(15-23-25(21)19-9-6-5-7-10-19)22(26)24-18-13-11-17(12-14-18)16(2)3/h5-7,9-16H,4,8H2,1-3H3,(H,24,26). The van der Waals surface area contributed by atoms with Gasteiger partial charge in [-0.15, -0.1) is 0 Å². The Morgan fingerprint density at radius 1 is 1.08 bits per heavy atom. The van der Waals surface area contributed by atoms with Crippen molar-refractivity contribution in [1.82, 2.24) is 9.78 Å². The molecule has 134 valence electrons. The number of aromatic nitrogens is 2. The highest BCUT2D eigenvalue weighted by atomic mass is 16.1. The molecule has 26 heavy (non-hydrogen) atoms. The Morgan fingerprint density at radius 2 is 1.77 bits per heavy atom. The summed E-state index contributed by atoms with van der Waals surface area (Å²) >= 11 is 0. The molecule has 1 aromatic heterocycles. The number of anilines is 1. The molecule has 4 heteroatoms. The first-order chi connectivity index (χ1) is 12.6. The summed E-state index contributed by atoms with van der Waals surface area (Å²) < 4.78 is 1.86. The summed E-state index contributed by atoms with van der Waals surface area (Å²) in [7, 11) is 0. The number of benzene rings is 2. The summed E-state index contributed by atoms with van der Waals surface area (Å²) in [6.45, 7) is 6.42. The van der Waals surface area contributed by atoms with Gasteiger partial charge in [-0.05, 0) is 42.2 Å². The zero-order chi connectivity index (χ0) is 18.5. The van der Waals surface area contributed by atoms with Crippen LogP contribution in [0.25, 0.3) is 5.69 Å². The van der Waals surface area contributed by atoms with Crippen molar-refractivity contribution in [1.29, 1.82) is 0 Å². The van der Waals surface area contributed by atoms with Gasteiger partial charge in [-0.1, -0.05) is 57.5 Å². The van der Waals surface area contributed by atoms with Crippen LogP contribution in [0.1, 0.15) is 54.7 Å². The first kappa shape index (κ1) is 17.9. The molecule has 4 nitrogen and oxygen atoms in total. The predicted molar refractivity (Wildman–Crippen MR) is 106 cm³/mol. The van der Waals surface area contributed by atoms with E-state index in [0.29, 0.717) is 11.5 Å². The van der Waals surface area contributed by atoms with Crippen LogP contribution >= 0.6 is 0 Å². The first-order valence-corrected chi connectivity index (χ1v) is 9.13. The number of hydrogen-bond acceptors (Lipinski definition) is 2. The van der Waals surface area contributed by atoms with E-state index in [1.165, 1.54) is 5.56 Å². The van der Waals surface area contributed by atoms with Crippen LogP contribution in [-0.4, -0.2) is 15.7 Å². The molecule has 0 unspecified atom stereocenters. The monoisotopic (exact) mass is 347 g/mol. The minimum atomic E-state index is -0.118.